The van der Waals surface area contributed by atoms with Crippen molar-refractivity contribution in [2.75, 3.05) is 5.32 Å². The van der Waals surface area contributed by atoms with Gasteiger partial charge in [-0.25, -0.2) is 9.37 Å². The number of amides is 1. The lowest BCUT2D eigenvalue weighted by Crippen LogP contribution is -2.26. The van der Waals surface area contributed by atoms with Crippen LogP contribution in [-0.2, 0) is 4.79 Å². The highest BCUT2D eigenvalue weighted by atomic mass is 19.1. The molecule has 2 aromatic carbocycles. The quantitative estimate of drug-likeness (QED) is 0.471. The number of nitrogens with zero attached hydrogens (tertiary/aromatic N) is 2. The average Bonchev–Trinajstić information content (AvgIpc) is 3.10. The van der Waals surface area contributed by atoms with E-state index in [9.17, 15) is 9.18 Å². The molecule has 2 aromatic heterocycles. The first kappa shape index (κ1) is 19.2. The van der Waals surface area contributed by atoms with Crippen LogP contribution < -0.4 is 10.1 Å². The van der Waals surface area contributed by atoms with Gasteiger partial charge in [0.1, 0.15) is 11.6 Å². The van der Waals surface area contributed by atoms with Gasteiger partial charge < -0.3 is 9.72 Å². The maximum absolute atomic E-state index is 13.7. The van der Waals surface area contributed by atoms with Crippen LogP contribution in [0.4, 0.5) is 10.3 Å². The zero-order valence-electron chi connectivity index (χ0n) is 17.6. The van der Waals surface area contributed by atoms with E-state index >= 15 is 0 Å². The Bertz CT molecular complexity index is 1290. The van der Waals surface area contributed by atoms with Crippen molar-refractivity contribution in [2.45, 2.75) is 25.9 Å². The Morgan fingerprint density at radius 3 is 2.78 bits per heavy atom. The number of aromatic amines is 1. The zero-order valence-corrected chi connectivity index (χ0v) is 17.6. The molecular formula is C25H23FN4O2. The molecule has 2 fully saturated rings. The van der Waals surface area contributed by atoms with Crippen molar-refractivity contribution < 1.29 is 13.9 Å². The number of anilines is 1. The molecule has 7 heteroatoms. The first-order valence-electron chi connectivity index (χ1n) is 11.0. The van der Waals surface area contributed by atoms with Crippen LogP contribution in [0.25, 0.3) is 21.9 Å². The van der Waals surface area contributed by atoms with E-state index in [0.29, 0.717) is 34.8 Å². The number of H-pyrrole nitrogens is 1. The SMILES string of the molecule is CC(C(=O)Nc1nc2ccccc2[nH]1)[C@@H]1[C@@H]2C[C@@H](Oc3ccnc4ccc(F)cc34)C[C@@H]21. The second-order valence-electron chi connectivity index (χ2n) is 8.97. The number of carbonyl (C=O) groups is 1. The molecule has 6 nitrogen and oxygen atoms in total. The lowest BCUT2D eigenvalue weighted by molar-refractivity contribution is -0.120. The van der Waals surface area contributed by atoms with E-state index in [-0.39, 0.29) is 23.7 Å². The van der Waals surface area contributed by atoms with Crippen LogP contribution in [0.15, 0.2) is 54.7 Å². The lowest BCUT2D eigenvalue weighted by Gasteiger charge is -2.20. The van der Waals surface area contributed by atoms with Crippen LogP contribution in [0.1, 0.15) is 19.8 Å². The van der Waals surface area contributed by atoms with E-state index in [1.54, 1.807) is 18.3 Å². The molecule has 32 heavy (non-hydrogen) atoms. The fraction of sp³-hybridized carbons (Fsp3) is 0.320. The normalized spacial score (nSPS) is 24.9. The van der Waals surface area contributed by atoms with Crippen molar-refractivity contribution in [2.24, 2.45) is 23.7 Å². The number of aromatic nitrogens is 3. The van der Waals surface area contributed by atoms with Gasteiger partial charge in [0.2, 0.25) is 11.9 Å². The third kappa shape index (κ3) is 3.28. The lowest BCUT2D eigenvalue weighted by atomic mass is 9.97. The Hall–Kier alpha value is -3.48. The van der Waals surface area contributed by atoms with Crippen molar-refractivity contribution >= 4 is 33.8 Å². The molecule has 4 aromatic rings. The summed E-state index contributed by atoms with van der Waals surface area (Å²) in [4.78, 5) is 24.7. The Morgan fingerprint density at radius 1 is 1.16 bits per heavy atom. The van der Waals surface area contributed by atoms with Gasteiger partial charge in [-0.1, -0.05) is 19.1 Å². The summed E-state index contributed by atoms with van der Waals surface area (Å²) in [6.07, 6.45) is 3.60. The summed E-state index contributed by atoms with van der Waals surface area (Å²) in [5, 5.41) is 3.64. The molecule has 2 heterocycles. The first-order valence-corrected chi connectivity index (χ1v) is 11.0. The van der Waals surface area contributed by atoms with Gasteiger partial charge in [0.15, 0.2) is 0 Å². The third-order valence-corrected chi connectivity index (χ3v) is 7.05. The first-order chi connectivity index (χ1) is 15.6. The van der Waals surface area contributed by atoms with Gasteiger partial charge in [-0.05, 0) is 67.0 Å². The van der Waals surface area contributed by atoms with E-state index in [2.05, 4.69) is 20.3 Å². The maximum atomic E-state index is 13.7. The average molecular weight is 430 g/mol. The molecule has 2 N–H and O–H groups in total. The van der Waals surface area contributed by atoms with E-state index in [0.717, 1.165) is 29.4 Å². The van der Waals surface area contributed by atoms with Gasteiger partial charge in [-0.2, -0.15) is 0 Å². The molecule has 162 valence electrons. The van der Waals surface area contributed by atoms with Crippen LogP contribution in [0, 0.1) is 29.5 Å². The number of para-hydroxylation sites is 2. The molecule has 0 spiro atoms. The number of pyridine rings is 1. The van der Waals surface area contributed by atoms with Crippen molar-refractivity contribution in [3.05, 3.63) is 60.5 Å². The van der Waals surface area contributed by atoms with Crippen molar-refractivity contribution in [3.8, 4) is 5.75 Å². The third-order valence-electron chi connectivity index (χ3n) is 7.05. The minimum Gasteiger partial charge on any atom is -0.490 e. The smallest absolute Gasteiger partial charge is 0.229 e. The summed E-state index contributed by atoms with van der Waals surface area (Å²) >= 11 is 0. The number of rotatable bonds is 5. The highest BCUT2D eigenvalue weighted by molar-refractivity contribution is 5.93. The van der Waals surface area contributed by atoms with Gasteiger partial charge in [0.05, 0.1) is 22.7 Å². The Kier molecular flexibility index (Phi) is 4.38. The highest BCUT2D eigenvalue weighted by Gasteiger charge is 2.59. The fourth-order valence-corrected chi connectivity index (χ4v) is 5.47. The van der Waals surface area contributed by atoms with Crippen LogP contribution in [0.5, 0.6) is 5.75 Å². The van der Waals surface area contributed by atoms with E-state index < -0.39 is 0 Å². The number of hydrogen-bond donors (Lipinski definition) is 2. The Morgan fingerprint density at radius 2 is 1.97 bits per heavy atom. The number of imidazole rings is 1. The summed E-state index contributed by atoms with van der Waals surface area (Å²) in [6.45, 7) is 2.00. The molecule has 6 rings (SSSR count). The summed E-state index contributed by atoms with van der Waals surface area (Å²) in [5.74, 6) is 2.12. The molecule has 2 aliphatic rings. The molecule has 0 saturated heterocycles. The number of ether oxygens (including phenoxy) is 1. The minimum absolute atomic E-state index is 0.00322. The van der Waals surface area contributed by atoms with E-state index in [4.69, 9.17) is 4.74 Å². The molecule has 2 aliphatic carbocycles. The molecule has 2 saturated carbocycles. The summed E-state index contributed by atoms with van der Waals surface area (Å²) < 4.78 is 19.9. The monoisotopic (exact) mass is 430 g/mol. The van der Waals surface area contributed by atoms with Crippen LogP contribution >= 0.6 is 0 Å². The molecule has 0 aliphatic heterocycles. The molecule has 1 amide bonds. The fourth-order valence-electron chi connectivity index (χ4n) is 5.47. The van der Waals surface area contributed by atoms with E-state index in [1.165, 1.54) is 12.1 Å². The number of carbonyl (C=O) groups excluding carboxylic acids is 1. The molecule has 0 bridgehead atoms. The number of halogens is 1. The second kappa shape index (κ2) is 7.29. The standard InChI is InChI=1S/C25H23FN4O2/c1-13(24(31)30-25-28-20-4-2-3-5-21(20)29-25)23-16-11-15(12-17(16)23)32-22-8-9-27-19-7-6-14(26)10-18(19)22/h2-10,13,15-17,23H,11-12H2,1H3,(H2,28,29,30,31)/t13?,15-,16-,17+,23-. The van der Waals surface area contributed by atoms with Gasteiger partial charge in [-0.15, -0.1) is 0 Å². The molecule has 0 radical (unpaired) electrons. The van der Waals surface area contributed by atoms with Crippen LogP contribution in [0.3, 0.4) is 0 Å². The minimum atomic E-state index is -0.297. The molecular weight excluding hydrogens is 407 g/mol. The zero-order chi connectivity index (χ0) is 21.8. The van der Waals surface area contributed by atoms with Gasteiger partial charge in [-0.3, -0.25) is 15.1 Å². The number of fused-ring (bicyclic) bond motifs is 3. The number of benzene rings is 2. The second-order valence-corrected chi connectivity index (χ2v) is 8.97. The largest absolute Gasteiger partial charge is 0.490 e. The highest BCUT2D eigenvalue weighted by Crippen LogP contribution is 2.61. The van der Waals surface area contributed by atoms with E-state index in [1.807, 2.05) is 31.2 Å². The van der Waals surface area contributed by atoms with Gasteiger partial charge in [0, 0.05) is 17.5 Å². The van der Waals surface area contributed by atoms with Crippen molar-refractivity contribution in [1.82, 2.24) is 15.0 Å². The molecule has 5 atom stereocenters. The summed E-state index contributed by atoms with van der Waals surface area (Å²) in [7, 11) is 0. The summed E-state index contributed by atoms with van der Waals surface area (Å²) in [6, 6.07) is 14.1. The summed E-state index contributed by atoms with van der Waals surface area (Å²) in [5.41, 5.74) is 2.46. The Labute approximate surface area is 184 Å². The predicted molar refractivity (Wildman–Crippen MR) is 120 cm³/mol. The molecule has 1 unspecified atom stereocenters. The van der Waals surface area contributed by atoms with Crippen LogP contribution in [0.2, 0.25) is 0 Å². The number of hydrogen-bond acceptors (Lipinski definition) is 4. The maximum Gasteiger partial charge on any atom is 0.229 e. The number of nitrogens with one attached hydrogen (secondary N) is 2. The van der Waals surface area contributed by atoms with Gasteiger partial charge in [0.25, 0.3) is 0 Å². The topological polar surface area (TPSA) is 79.9 Å². The van der Waals surface area contributed by atoms with Gasteiger partial charge >= 0.3 is 0 Å². The van der Waals surface area contributed by atoms with Crippen LogP contribution in [-0.4, -0.2) is 27.0 Å². The predicted octanol–water partition coefficient (Wildman–Crippen LogP) is 4.93. The Balaban J connectivity index is 1.08. The van der Waals surface area contributed by atoms with Crippen molar-refractivity contribution in [3.63, 3.8) is 0 Å². The van der Waals surface area contributed by atoms with Crippen molar-refractivity contribution in [1.29, 1.82) is 0 Å².